The van der Waals surface area contributed by atoms with Crippen molar-refractivity contribution in [3.63, 3.8) is 0 Å². The summed E-state index contributed by atoms with van der Waals surface area (Å²) in [6.45, 7) is 0.398. The number of fused-ring (bicyclic) bond motifs is 1. The Bertz CT molecular complexity index is 789. The van der Waals surface area contributed by atoms with E-state index in [1.807, 2.05) is 30.3 Å². The van der Waals surface area contributed by atoms with E-state index in [-0.39, 0.29) is 17.5 Å². The molecule has 0 bridgehead atoms. The standard InChI is InChI=1S/C12H12N6O/c13-9-8-10(17-11(14)16-9)18(12(19)15-8)6-7-4-2-1-3-5-7/h1-5H,6H2,(H,15,19)(H4,13,14,16,17). The van der Waals surface area contributed by atoms with Crippen LogP contribution in [0.3, 0.4) is 0 Å². The van der Waals surface area contributed by atoms with Crippen molar-refractivity contribution in [3.05, 3.63) is 46.4 Å². The first-order valence-corrected chi connectivity index (χ1v) is 5.70. The number of H-pyrrole nitrogens is 1. The summed E-state index contributed by atoms with van der Waals surface area (Å²) in [7, 11) is 0. The summed E-state index contributed by atoms with van der Waals surface area (Å²) in [5.74, 6) is 0.220. The summed E-state index contributed by atoms with van der Waals surface area (Å²) in [4.78, 5) is 22.5. The highest BCUT2D eigenvalue weighted by atomic mass is 16.1. The monoisotopic (exact) mass is 256 g/mol. The Balaban J connectivity index is 2.18. The first-order valence-electron chi connectivity index (χ1n) is 5.70. The molecule has 3 aromatic rings. The maximum Gasteiger partial charge on any atom is 0.328 e. The molecule has 19 heavy (non-hydrogen) atoms. The molecule has 3 rings (SSSR count). The molecule has 0 spiro atoms. The molecule has 5 N–H and O–H groups in total. The van der Waals surface area contributed by atoms with Gasteiger partial charge >= 0.3 is 5.69 Å². The number of nitrogens with two attached hydrogens (primary N) is 2. The molecule has 0 unspecified atom stereocenters. The molecule has 0 amide bonds. The van der Waals surface area contributed by atoms with Crippen molar-refractivity contribution in [2.24, 2.45) is 0 Å². The lowest BCUT2D eigenvalue weighted by atomic mass is 10.2. The van der Waals surface area contributed by atoms with E-state index in [9.17, 15) is 4.79 Å². The van der Waals surface area contributed by atoms with Gasteiger partial charge in [0.2, 0.25) is 5.95 Å². The highest BCUT2D eigenvalue weighted by Gasteiger charge is 2.12. The Kier molecular flexibility index (Phi) is 2.45. The van der Waals surface area contributed by atoms with Gasteiger partial charge in [0.05, 0.1) is 6.54 Å². The van der Waals surface area contributed by atoms with Gasteiger partial charge in [-0.1, -0.05) is 30.3 Å². The molecule has 0 aliphatic carbocycles. The molecule has 0 radical (unpaired) electrons. The maximum absolute atomic E-state index is 11.9. The first-order chi connectivity index (χ1) is 9.15. The van der Waals surface area contributed by atoms with Crippen LogP contribution < -0.4 is 17.2 Å². The molecule has 0 aliphatic heterocycles. The van der Waals surface area contributed by atoms with Crippen LogP contribution in [0.15, 0.2) is 35.1 Å². The smallest absolute Gasteiger partial charge is 0.328 e. The lowest BCUT2D eigenvalue weighted by molar-refractivity contribution is 0.778. The van der Waals surface area contributed by atoms with E-state index in [1.165, 1.54) is 4.57 Å². The highest BCUT2D eigenvalue weighted by Crippen LogP contribution is 2.15. The van der Waals surface area contributed by atoms with Gasteiger partial charge in [-0.25, -0.2) is 4.79 Å². The molecule has 7 nitrogen and oxygen atoms in total. The fourth-order valence-electron chi connectivity index (χ4n) is 1.98. The van der Waals surface area contributed by atoms with Crippen LogP contribution in [0, 0.1) is 0 Å². The van der Waals surface area contributed by atoms with Gasteiger partial charge in [-0.15, -0.1) is 0 Å². The van der Waals surface area contributed by atoms with E-state index >= 15 is 0 Å². The molecular formula is C12H12N6O. The van der Waals surface area contributed by atoms with Crippen LogP contribution in [0.1, 0.15) is 5.56 Å². The van der Waals surface area contributed by atoms with E-state index in [0.717, 1.165) is 5.56 Å². The third kappa shape index (κ3) is 1.90. The van der Waals surface area contributed by atoms with Gasteiger partial charge < -0.3 is 16.5 Å². The van der Waals surface area contributed by atoms with Gasteiger partial charge in [0.25, 0.3) is 0 Å². The zero-order valence-corrected chi connectivity index (χ0v) is 10.00. The summed E-state index contributed by atoms with van der Waals surface area (Å²) in [5, 5.41) is 0. The second kappa shape index (κ2) is 4.13. The van der Waals surface area contributed by atoms with Crippen LogP contribution in [0.4, 0.5) is 11.8 Å². The van der Waals surface area contributed by atoms with Crippen LogP contribution in [0.5, 0.6) is 0 Å². The summed E-state index contributed by atoms with van der Waals surface area (Å²) in [6, 6.07) is 9.60. The summed E-state index contributed by atoms with van der Waals surface area (Å²) in [5.41, 5.74) is 12.8. The van der Waals surface area contributed by atoms with Gasteiger partial charge in [-0.05, 0) is 5.56 Å². The predicted molar refractivity (Wildman–Crippen MR) is 72.5 cm³/mol. The Morgan fingerprint density at radius 2 is 1.89 bits per heavy atom. The van der Waals surface area contributed by atoms with Crippen LogP contribution >= 0.6 is 0 Å². The summed E-state index contributed by atoms with van der Waals surface area (Å²) < 4.78 is 1.49. The largest absolute Gasteiger partial charge is 0.382 e. The number of nitrogens with one attached hydrogen (secondary N) is 1. The van der Waals surface area contributed by atoms with Gasteiger partial charge in [-0.2, -0.15) is 9.97 Å². The summed E-state index contributed by atoms with van der Waals surface area (Å²) >= 11 is 0. The van der Waals surface area contributed by atoms with E-state index < -0.39 is 0 Å². The number of hydrogen-bond donors (Lipinski definition) is 3. The Labute approximate surface area is 107 Å². The average molecular weight is 256 g/mol. The van der Waals surface area contributed by atoms with Crippen molar-refractivity contribution >= 4 is 22.9 Å². The zero-order valence-electron chi connectivity index (χ0n) is 10.00. The first kappa shape index (κ1) is 11.3. The number of benzene rings is 1. The minimum absolute atomic E-state index is 0.0470. The minimum Gasteiger partial charge on any atom is -0.382 e. The van der Waals surface area contributed by atoms with E-state index in [4.69, 9.17) is 11.5 Å². The number of nitrogen functional groups attached to an aromatic ring is 2. The zero-order chi connectivity index (χ0) is 13.4. The molecule has 0 saturated carbocycles. The minimum atomic E-state index is -0.287. The van der Waals surface area contributed by atoms with Crippen molar-refractivity contribution in [1.29, 1.82) is 0 Å². The fourth-order valence-corrected chi connectivity index (χ4v) is 1.98. The quantitative estimate of drug-likeness (QED) is 0.611. The molecule has 7 heteroatoms. The molecule has 2 aromatic heterocycles. The van der Waals surface area contributed by atoms with Crippen molar-refractivity contribution in [1.82, 2.24) is 19.5 Å². The van der Waals surface area contributed by atoms with E-state index in [0.29, 0.717) is 17.7 Å². The lowest BCUT2D eigenvalue weighted by Gasteiger charge is -2.03. The maximum atomic E-state index is 11.9. The van der Waals surface area contributed by atoms with Gasteiger partial charge in [0.1, 0.15) is 5.52 Å². The number of aromatic amines is 1. The summed E-state index contributed by atoms with van der Waals surface area (Å²) in [6.07, 6.45) is 0. The lowest BCUT2D eigenvalue weighted by Crippen LogP contribution is -2.17. The van der Waals surface area contributed by atoms with Gasteiger partial charge in [0.15, 0.2) is 11.5 Å². The van der Waals surface area contributed by atoms with Crippen LogP contribution in [-0.2, 0) is 6.54 Å². The van der Waals surface area contributed by atoms with E-state index in [1.54, 1.807) is 0 Å². The Morgan fingerprint density at radius 3 is 2.63 bits per heavy atom. The number of imidazole rings is 1. The molecule has 0 fully saturated rings. The molecule has 96 valence electrons. The Hall–Kier alpha value is -2.83. The highest BCUT2D eigenvalue weighted by molar-refractivity contribution is 5.82. The van der Waals surface area contributed by atoms with Crippen LogP contribution in [0.2, 0.25) is 0 Å². The van der Waals surface area contributed by atoms with Gasteiger partial charge in [0, 0.05) is 0 Å². The normalized spacial score (nSPS) is 10.9. The van der Waals surface area contributed by atoms with Crippen LogP contribution in [-0.4, -0.2) is 19.5 Å². The SMILES string of the molecule is Nc1nc(N)c2[nH]c(=O)n(Cc3ccccc3)c2n1. The number of aromatic nitrogens is 4. The molecular weight excluding hydrogens is 244 g/mol. The van der Waals surface area contributed by atoms with Crippen molar-refractivity contribution in [2.45, 2.75) is 6.54 Å². The molecule has 2 heterocycles. The number of nitrogens with zero attached hydrogens (tertiary/aromatic N) is 3. The molecule has 1 aromatic carbocycles. The third-order valence-corrected chi connectivity index (χ3v) is 2.85. The number of hydrogen-bond acceptors (Lipinski definition) is 5. The second-order valence-corrected chi connectivity index (χ2v) is 4.17. The van der Waals surface area contributed by atoms with Crippen molar-refractivity contribution < 1.29 is 0 Å². The van der Waals surface area contributed by atoms with E-state index in [2.05, 4.69) is 15.0 Å². The number of anilines is 2. The second-order valence-electron chi connectivity index (χ2n) is 4.17. The topological polar surface area (TPSA) is 116 Å². The number of rotatable bonds is 2. The van der Waals surface area contributed by atoms with Crippen LogP contribution in [0.25, 0.3) is 11.2 Å². The molecule has 0 saturated heterocycles. The fraction of sp³-hybridized carbons (Fsp3) is 0.0833. The van der Waals surface area contributed by atoms with Crippen molar-refractivity contribution in [2.75, 3.05) is 11.5 Å². The third-order valence-electron chi connectivity index (χ3n) is 2.85. The predicted octanol–water partition coefficient (Wildman–Crippen LogP) is 0.332. The Morgan fingerprint density at radius 1 is 1.16 bits per heavy atom. The molecule has 0 aliphatic rings. The van der Waals surface area contributed by atoms with Gasteiger partial charge in [-0.3, -0.25) is 4.57 Å². The molecule has 0 atom stereocenters. The van der Waals surface area contributed by atoms with Crippen molar-refractivity contribution in [3.8, 4) is 0 Å². The average Bonchev–Trinajstić information content (AvgIpc) is 2.69.